The number of benzene rings is 1. The summed E-state index contributed by atoms with van der Waals surface area (Å²) in [6, 6.07) is 4.72. The highest BCUT2D eigenvalue weighted by atomic mass is 16.5. The number of nitrogens with zero attached hydrogens (tertiary/aromatic N) is 1. The van der Waals surface area contributed by atoms with E-state index in [9.17, 15) is 14.7 Å². The van der Waals surface area contributed by atoms with E-state index in [1.165, 1.54) is 0 Å². The molecule has 0 unspecified atom stereocenters. The lowest BCUT2D eigenvalue weighted by Crippen LogP contribution is -2.42. The maximum Gasteiger partial charge on any atom is 0.326 e. The molecule has 26 heavy (non-hydrogen) atoms. The fourth-order valence-corrected chi connectivity index (χ4v) is 3.24. The van der Waals surface area contributed by atoms with Crippen molar-refractivity contribution in [3.05, 3.63) is 35.0 Å². The van der Waals surface area contributed by atoms with E-state index in [4.69, 9.17) is 9.26 Å². The first kappa shape index (κ1) is 18.0. The van der Waals surface area contributed by atoms with E-state index in [0.717, 1.165) is 23.3 Å². The third-order valence-electron chi connectivity index (χ3n) is 4.52. The molecule has 1 atom stereocenters. The number of aromatic nitrogens is 1. The second-order valence-corrected chi connectivity index (χ2v) is 6.86. The molecule has 1 aliphatic rings. The van der Waals surface area contributed by atoms with Crippen molar-refractivity contribution >= 4 is 11.9 Å². The molecule has 1 heterocycles. The number of nitrogens with one attached hydrogen (secondary N) is 1. The summed E-state index contributed by atoms with van der Waals surface area (Å²) in [5.41, 5.74) is 2.84. The lowest BCUT2D eigenvalue weighted by molar-refractivity contribution is -0.139. The van der Waals surface area contributed by atoms with Crippen LogP contribution in [0.2, 0.25) is 0 Å². The number of carboxylic acids is 1. The topological polar surface area (TPSA) is 102 Å². The summed E-state index contributed by atoms with van der Waals surface area (Å²) >= 11 is 0. The number of rotatable bonds is 6. The Bertz CT molecular complexity index is 840. The van der Waals surface area contributed by atoms with Gasteiger partial charge in [0.2, 0.25) is 0 Å². The zero-order valence-corrected chi connectivity index (χ0v) is 15.0. The summed E-state index contributed by atoms with van der Waals surface area (Å²) in [4.78, 5) is 24.0. The highest BCUT2D eigenvalue weighted by Gasteiger charge is 2.30. The van der Waals surface area contributed by atoms with Gasteiger partial charge in [0.05, 0.1) is 7.11 Å². The second kappa shape index (κ2) is 7.19. The van der Waals surface area contributed by atoms with Gasteiger partial charge in [0.15, 0.2) is 11.5 Å². The van der Waals surface area contributed by atoms with Gasteiger partial charge >= 0.3 is 5.97 Å². The molecule has 0 aliphatic heterocycles. The smallest absolute Gasteiger partial charge is 0.326 e. The number of carbonyl (C=O) groups is 2. The molecule has 0 spiro atoms. The van der Waals surface area contributed by atoms with Crippen molar-refractivity contribution in [1.82, 2.24) is 10.5 Å². The number of methoxy groups -OCH3 is 1. The third kappa shape index (κ3) is 3.42. The van der Waals surface area contributed by atoms with Crippen LogP contribution < -0.4 is 10.1 Å². The van der Waals surface area contributed by atoms with Gasteiger partial charge in [0, 0.05) is 11.1 Å². The minimum absolute atomic E-state index is 0.143. The predicted molar refractivity (Wildman–Crippen MR) is 94.2 cm³/mol. The van der Waals surface area contributed by atoms with Crippen LogP contribution in [-0.4, -0.2) is 35.3 Å². The first-order chi connectivity index (χ1) is 12.4. The molecule has 138 valence electrons. The Morgan fingerprint density at radius 3 is 2.77 bits per heavy atom. The Labute approximate surface area is 151 Å². The molecule has 7 heteroatoms. The summed E-state index contributed by atoms with van der Waals surface area (Å²) in [5.74, 6) is -0.0937. The van der Waals surface area contributed by atoms with Gasteiger partial charge < -0.3 is 19.7 Å². The molecular formula is C19H22N2O5. The van der Waals surface area contributed by atoms with Crippen molar-refractivity contribution < 1.29 is 24.0 Å². The summed E-state index contributed by atoms with van der Waals surface area (Å²) in [5, 5.41) is 15.8. The zero-order valence-electron chi connectivity index (χ0n) is 15.0. The quantitative estimate of drug-likeness (QED) is 0.823. The first-order valence-electron chi connectivity index (χ1n) is 8.60. The molecule has 0 saturated heterocycles. The number of fused-ring (bicyclic) bond motifs is 3. The van der Waals surface area contributed by atoms with Crippen LogP contribution in [-0.2, 0) is 17.6 Å². The average Bonchev–Trinajstić information content (AvgIpc) is 3.04. The highest BCUT2D eigenvalue weighted by Crippen LogP contribution is 2.37. The van der Waals surface area contributed by atoms with Crippen molar-refractivity contribution in [2.45, 2.75) is 39.2 Å². The molecule has 1 aliphatic carbocycles. The number of hydrogen-bond acceptors (Lipinski definition) is 5. The van der Waals surface area contributed by atoms with Gasteiger partial charge in [0.1, 0.15) is 11.8 Å². The van der Waals surface area contributed by atoms with Gasteiger partial charge in [0.25, 0.3) is 5.91 Å². The van der Waals surface area contributed by atoms with Crippen LogP contribution in [0.3, 0.4) is 0 Å². The van der Waals surface area contributed by atoms with Crippen LogP contribution in [0.5, 0.6) is 5.75 Å². The largest absolute Gasteiger partial charge is 0.497 e. The molecule has 1 amide bonds. The van der Waals surface area contributed by atoms with E-state index in [0.29, 0.717) is 24.2 Å². The monoisotopic (exact) mass is 358 g/mol. The molecule has 1 aromatic heterocycles. The van der Waals surface area contributed by atoms with Crippen molar-refractivity contribution in [1.29, 1.82) is 0 Å². The van der Waals surface area contributed by atoms with Gasteiger partial charge in [-0.1, -0.05) is 19.0 Å². The van der Waals surface area contributed by atoms with Crippen molar-refractivity contribution in [3.8, 4) is 17.1 Å². The van der Waals surface area contributed by atoms with Crippen molar-refractivity contribution in [3.63, 3.8) is 0 Å². The minimum atomic E-state index is -1.05. The molecule has 3 rings (SSSR count). The number of hydrogen-bond donors (Lipinski definition) is 2. The van der Waals surface area contributed by atoms with E-state index in [1.807, 2.05) is 32.0 Å². The maximum absolute atomic E-state index is 12.6. The third-order valence-corrected chi connectivity index (χ3v) is 4.52. The predicted octanol–water partition coefficient (Wildman–Crippen LogP) is 2.68. The number of ether oxygens (including phenoxy) is 1. The molecule has 2 aromatic rings. The highest BCUT2D eigenvalue weighted by molar-refractivity contribution is 5.97. The fourth-order valence-electron chi connectivity index (χ4n) is 3.24. The molecule has 1 aromatic carbocycles. The Balaban J connectivity index is 1.86. The number of carbonyl (C=O) groups excluding carboxylic acids is 1. The van der Waals surface area contributed by atoms with E-state index in [2.05, 4.69) is 10.5 Å². The molecule has 0 saturated carbocycles. The fraction of sp³-hybridized carbons (Fsp3) is 0.421. The minimum Gasteiger partial charge on any atom is -0.497 e. The Morgan fingerprint density at radius 2 is 2.12 bits per heavy atom. The van der Waals surface area contributed by atoms with E-state index < -0.39 is 17.9 Å². The second-order valence-electron chi connectivity index (χ2n) is 6.86. The van der Waals surface area contributed by atoms with Gasteiger partial charge in [-0.3, -0.25) is 4.79 Å². The molecule has 7 nitrogen and oxygen atoms in total. The van der Waals surface area contributed by atoms with E-state index in [-0.39, 0.29) is 11.6 Å². The summed E-state index contributed by atoms with van der Waals surface area (Å²) in [6.07, 6.45) is 1.68. The van der Waals surface area contributed by atoms with Gasteiger partial charge in [-0.05, 0) is 48.9 Å². The number of amides is 1. The van der Waals surface area contributed by atoms with Gasteiger partial charge in [-0.15, -0.1) is 0 Å². The van der Waals surface area contributed by atoms with Crippen LogP contribution in [0.4, 0.5) is 0 Å². The summed E-state index contributed by atoms with van der Waals surface area (Å²) in [6.45, 7) is 3.82. The van der Waals surface area contributed by atoms with Crippen molar-refractivity contribution in [2.24, 2.45) is 5.92 Å². The van der Waals surface area contributed by atoms with E-state index >= 15 is 0 Å². The molecule has 2 N–H and O–H groups in total. The lowest BCUT2D eigenvalue weighted by Gasteiger charge is -2.17. The zero-order chi connectivity index (χ0) is 18.8. The number of aryl methyl sites for hydroxylation is 1. The van der Waals surface area contributed by atoms with Crippen LogP contribution in [0.15, 0.2) is 22.7 Å². The lowest BCUT2D eigenvalue weighted by atomic mass is 9.89. The summed E-state index contributed by atoms with van der Waals surface area (Å²) in [7, 11) is 1.61. The Kier molecular flexibility index (Phi) is 4.97. The summed E-state index contributed by atoms with van der Waals surface area (Å²) < 4.78 is 10.7. The van der Waals surface area contributed by atoms with Gasteiger partial charge in [-0.2, -0.15) is 0 Å². The molecular weight excluding hydrogens is 336 g/mol. The maximum atomic E-state index is 12.6. The standard InChI is InChI=1S/C19H22N2O5/c1-10(2)8-15(19(23)24)20-18(22)16-14-6-4-11-9-12(25-3)5-7-13(11)17(14)26-21-16/h5,7,9-10,15H,4,6,8H2,1-3H3,(H,20,22)(H,23,24)/t15-/m0/s1. The first-order valence-corrected chi connectivity index (χ1v) is 8.60. The van der Waals surface area contributed by atoms with Crippen molar-refractivity contribution in [2.75, 3.05) is 7.11 Å². The van der Waals surface area contributed by atoms with Crippen LogP contribution in [0.25, 0.3) is 11.3 Å². The Morgan fingerprint density at radius 1 is 1.35 bits per heavy atom. The molecule has 0 radical (unpaired) electrons. The van der Waals surface area contributed by atoms with Crippen LogP contribution >= 0.6 is 0 Å². The molecule has 0 bridgehead atoms. The average molecular weight is 358 g/mol. The van der Waals surface area contributed by atoms with Crippen LogP contribution in [0.1, 0.15) is 41.9 Å². The normalized spacial score (nSPS) is 13.7. The SMILES string of the molecule is COc1ccc2c(c1)CCc1c(C(=O)N[C@@H](CC(C)C)C(=O)O)noc1-2. The molecule has 0 fully saturated rings. The van der Waals surface area contributed by atoms with Gasteiger partial charge in [-0.25, -0.2) is 4.79 Å². The van der Waals surface area contributed by atoms with E-state index in [1.54, 1.807) is 7.11 Å². The number of aliphatic carboxylic acids is 1. The van der Waals surface area contributed by atoms with Crippen LogP contribution in [0, 0.1) is 5.92 Å². The Hall–Kier alpha value is -2.83. The number of carboxylic acid groups (broad SMARTS) is 1.